The Balaban J connectivity index is 1.87. The first kappa shape index (κ1) is 15.6. The number of aromatic nitrogens is 1. The highest BCUT2D eigenvalue weighted by Gasteiger charge is 2.33. The van der Waals surface area contributed by atoms with Crippen LogP contribution in [-0.4, -0.2) is 41.3 Å². The van der Waals surface area contributed by atoms with Crippen LogP contribution in [0.5, 0.6) is 16.7 Å². The fourth-order valence-electron chi connectivity index (χ4n) is 2.92. The molecule has 0 radical (unpaired) electrons. The fourth-order valence-corrected chi connectivity index (χ4v) is 3.41. The number of thiazole rings is 1. The zero-order valence-corrected chi connectivity index (χ0v) is 13.7. The lowest BCUT2D eigenvalue weighted by Gasteiger charge is -2.17. The summed E-state index contributed by atoms with van der Waals surface area (Å²) in [4.78, 5) is 16.8. The smallest absolute Gasteiger partial charge is 0.407 e. The lowest BCUT2D eigenvalue weighted by atomic mass is 9.90. The van der Waals surface area contributed by atoms with E-state index in [9.17, 15) is 9.90 Å². The molecule has 0 unspecified atom stereocenters. The van der Waals surface area contributed by atoms with E-state index in [1.54, 1.807) is 13.3 Å². The molecular weight excluding hydrogens is 316 g/mol. The second kappa shape index (κ2) is 6.45. The van der Waals surface area contributed by atoms with Crippen LogP contribution in [0.15, 0.2) is 29.8 Å². The van der Waals surface area contributed by atoms with Crippen LogP contribution >= 0.6 is 11.3 Å². The molecule has 2 heterocycles. The SMILES string of the molecule is COc1ccc([C@H]2CN(C(=O)O)C[C@H]2C)cc1Oc1nccs1. The summed E-state index contributed by atoms with van der Waals surface area (Å²) in [5.74, 6) is 1.63. The number of ether oxygens (including phenoxy) is 2. The number of hydrogen-bond donors (Lipinski definition) is 1. The Morgan fingerprint density at radius 3 is 2.83 bits per heavy atom. The lowest BCUT2D eigenvalue weighted by molar-refractivity contribution is 0.154. The molecule has 0 bridgehead atoms. The molecule has 0 saturated carbocycles. The Bertz CT molecular complexity index is 689. The molecule has 1 fully saturated rings. The van der Waals surface area contributed by atoms with Crippen LogP contribution < -0.4 is 9.47 Å². The first-order chi connectivity index (χ1) is 11.1. The number of rotatable bonds is 4. The molecule has 1 saturated heterocycles. The van der Waals surface area contributed by atoms with Gasteiger partial charge in [0, 0.05) is 30.6 Å². The van der Waals surface area contributed by atoms with Gasteiger partial charge in [-0.15, -0.1) is 0 Å². The van der Waals surface area contributed by atoms with Crippen molar-refractivity contribution in [1.29, 1.82) is 0 Å². The normalized spacial score (nSPS) is 20.5. The van der Waals surface area contributed by atoms with Gasteiger partial charge in [0.05, 0.1) is 7.11 Å². The standard InChI is InChI=1S/C16H18N2O4S/c1-10-8-18(16(19)20)9-12(10)11-3-4-13(21-2)14(7-11)22-15-17-5-6-23-15/h3-7,10,12H,8-9H2,1-2H3,(H,19,20)/t10-,12+/m1/s1. The van der Waals surface area contributed by atoms with Gasteiger partial charge in [-0.3, -0.25) is 0 Å². The molecule has 1 aromatic heterocycles. The molecule has 1 aliphatic heterocycles. The summed E-state index contributed by atoms with van der Waals surface area (Å²) in [5.41, 5.74) is 1.05. The van der Waals surface area contributed by atoms with E-state index >= 15 is 0 Å². The van der Waals surface area contributed by atoms with Crippen molar-refractivity contribution in [2.24, 2.45) is 5.92 Å². The van der Waals surface area contributed by atoms with E-state index in [1.807, 2.05) is 23.6 Å². The second-order valence-electron chi connectivity index (χ2n) is 5.58. The molecule has 23 heavy (non-hydrogen) atoms. The summed E-state index contributed by atoms with van der Waals surface area (Å²) < 4.78 is 11.1. The summed E-state index contributed by atoms with van der Waals surface area (Å²) in [6, 6.07) is 5.75. The van der Waals surface area contributed by atoms with Crippen molar-refractivity contribution in [3.8, 4) is 16.7 Å². The van der Waals surface area contributed by atoms with Crippen LogP contribution in [-0.2, 0) is 0 Å². The Morgan fingerprint density at radius 1 is 1.39 bits per heavy atom. The molecule has 7 heteroatoms. The quantitative estimate of drug-likeness (QED) is 0.924. The van der Waals surface area contributed by atoms with Gasteiger partial charge in [-0.25, -0.2) is 9.78 Å². The van der Waals surface area contributed by atoms with Crippen LogP contribution in [0.25, 0.3) is 0 Å². The third-order valence-corrected chi connectivity index (χ3v) is 4.75. The number of likely N-dealkylation sites (tertiary alicyclic amines) is 1. The van der Waals surface area contributed by atoms with Crippen molar-refractivity contribution >= 4 is 17.4 Å². The molecule has 2 aromatic rings. The summed E-state index contributed by atoms with van der Waals surface area (Å²) >= 11 is 1.41. The maximum atomic E-state index is 11.2. The van der Waals surface area contributed by atoms with Crippen molar-refractivity contribution in [2.75, 3.05) is 20.2 Å². The van der Waals surface area contributed by atoms with Gasteiger partial charge in [0.25, 0.3) is 5.19 Å². The number of carbonyl (C=O) groups is 1. The van der Waals surface area contributed by atoms with Crippen molar-refractivity contribution in [1.82, 2.24) is 9.88 Å². The lowest BCUT2D eigenvalue weighted by Crippen LogP contribution is -2.26. The van der Waals surface area contributed by atoms with Gasteiger partial charge in [-0.05, 0) is 23.6 Å². The average Bonchev–Trinajstić information content (AvgIpc) is 3.17. The van der Waals surface area contributed by atoms with Gasteiger partial charge < -0.3 is 19.5 Å². The molecule has 3 rings (SSSR count). The van der Waals surface area contributed by atoms with Crippen LogP contribution in [0.2, 0.25) is 0 Å². The summed E-state index contributed by atoms with van der Waals surface area (Å²) in [7, 11) is 1.59. The summed E-state index contributed by atoms with van der Waals surface area (Å²) in [6.07, 6.45) is 0.812. The minimum atomic E-state index is -0.868. The fraction of sp³-hybridized carbons (Fsp3) is 0.375. The van der Waals surface area contributed by atoms with Gasteiger partial charge in [0.15, 0.2) is 11.5 Å². The number of methoxy groups -OCH3 is 1. The molecule has 1 N–H and O–H groups in total. The molecule has 1 aliphatic rings. The minimum absolute atomic E-state index is 0.149. The Morgan fingerprint density at radius 2 is 2.22 bits per heavy atom. The first-order valence-corrected chi connectivity index (χ1v) is 8.19. The van der Waals surface area contributed by atoms with E-state index in [-0.39, 0.29) is 11.8 Å². The summed E-state index contributed by atoms with van der Waals surface area (Å²) in [6.45, 7) is 3.12. The Hall–Kier alpha value is -2.28. The van der Waals surface area contributed by atoms with Gasteiger partial charge in [0.2, 0.25) is 0 Å². The predicted octanol–water partition coefficient (Wildman–Crippen LogP) is 3.66. The maximum Gasteiger partial charge on any atom is 0.407 e. The van der Waals surface area contributed by atoms with Crippen molar-refractivity contribution in [2.45, 2.75) is 12.8 Å². The van der Waals surface area contributed by atoms with E-state index in [2.05, 4.69) is 11.9 Å². The highest BCUT2D eigenvalue weighted by Crippen LogP contribution is 2.39. The third kappa shape index (κ3) is 3.24. The largest absolute Gasteiger partial charge is 0.493 e. The molecule has 1 amide bonds. The van der Waals surface area contributed by atoms with E-state index in [0.29, 0.717) is 29.8 Å². The van der Waals surface area contributed by atoms with E-state index < -0.39 is 6.09 Å². The Kier molecular flexibility index (Phi) is 4.38. The predicted molar refractivity (Wildman–Crippen MR) is 86.7 cm³/mol. The number of nitrogens with zero attached hydrogens (tertiary/aromatic N) is 2. The van der Waals surface area contributed by atoms with E-state index in [1.165, 1.54) is 16.2 Å². The zero-order valence-electron chi connectivity index (χ0n) is 12.9. The molecule has 0 spiro atoms. The highest BCUT2D eigenvalue weighted by atomic mass is 32.1. The van der Waals surface area contributed by atoms with Crippen LogP contribution in [0.4, 0.5) is 4.79 Å². The molecule has 6 nitrogen and oxygen atoms in total. The van der Waals surface area contributed by atoms with Crippen LogP contribution in [0, 0.1) is 5.92 Å². The Labute approximate surface area is 138 Å². The van der Waals surface area contributed by atoms with E-state index in [0.717, 1.165) is 5.56 Å². The average molecular weight is 334 g/mol. The van der Waals surface area contributed by atoms with Crippen molar-refractivity contribution in [3.63, 3.8) is 0 Å². The number of benzene rings is 1. The minimum Gasteiger partial charge on any atom is -0.493 e. The molecule has 122 valence electrons. The first-order valence-electron chi connectivity index (χ1n) is 7.31. The topological polar surface area (TPSA) is 71.9 Å². The number of amides is 1. The third-order valence-electron chi connectivity index (χ3n) is 4.11. The molecular formula is C16H18N2O4S. The van der Waals surface area contributed by atoms with Gasteiger partial charge >= 0.3 is 6.09 Å². The number of carboxylic acid groups (broad SMARTS) is 1. The molecule has 2 atom stereocenters. The molecule has 0 aliphatic carbocycles. The highest BCUT2D eigenvalue weighted by molar-refractivity contribution is 7.11. The second-order valence-corrected chi connectivity index (χ2v) is 6.44. The van der Waals surface area contributed by atoms with Crippen LogP contribution in [0.3, 0.4) is 0 Å². The van der Waals surface area contributed by atoms with Crippen LogP contribution in [0.1, 0.15) is 18.4 Å². The zero-order chi connectivity index (χ0) is 16.4. The van der Waals surface area contributed by atoms with Crippen molar-refractivity contribution in [3.05, 3.63) is 35.3 Å². The number of hydrogen-bond acceptors (Lipinski definition) is 5. The van der Waals surface area contributed by atoms with Gasteiger partial charge in [-0.1, -0.05) is 24.3 Å². The summed E-state index contributed by atoms with van der Waals surface area (Å²) in [5, 5.41) is 11.6. The molecule has 1 aromatic carbocycles. The maximum absolute atomic E-state index is 11.2. The van der Waals surface area contributed by atoms with E-state index in [4.69, 9.17) is 9.47 Å². The van der Waals surface area contributed by atoms with Crippen molar-refractivity contribution < 1.29 is 19.4 Å². The monoisotopic (exact) mass is 334 g/mol. The van der Waals surface area contributed by atoms with Gasteiger partial charge in [-0.2, -0.15) is 0 Å². The van der Waals surface area contributed by atoms with Gasteiger partial charge in [0.1, 0.15) is 0 Å².